The molecule has 0 bridgehead atoms. The van der Waals surface area contributed by atoms with Crippen LogP contribution in [0.3, 0.4) is 0 Å². The lowest BCUT2D eigenvalue weighted by atomic mass is 9.81. The van der Waals surface area contributed by atoms with Gasteiger partial charge in [0.2, 0.25) is 0 Å². The van der Waals surface area contributed by atoms with Crippen molar-refractivity contribution in [3.63, 3.8) is 0 Å². The fraction of sp³-hybridized carbons (Fsp3) is 0.150. The molecule has 0 radical (unpaired) electrons. The van der Waals surface area contributed by atoms with Gasteiger partial charge in [-0.1, -0.05) is 129 Å². The smallest absolute Gasteiger partial charge is 0.101 e. The Bertz CT molecular complexity index is 1860. The van der Waals surface area contributed by atoms with Gasteiger partial charge in [-0.2, -0.15) is 0 Å². The van der Waals surface area contributed by atoms with E-state index in [1.54, 1.807) is 0 Å². The summed E-state index contributed by atoms with van der Waals surface area (Å²) in [7, 11) is 0. The van der Waals surface area contributed by atoms with Crippen molar-refractivity contribution >= 4 is 22.2 Å². The maximum atomic E-state index is 6.79. The van der Waals surface area contributed by atoms with Gasteiger partial charge < -0.3 is 16.8 Å². The minimum atomic E-state index is -0.354. The summed E-state index contributed by atoms with van der Waals surface area (Å²) in [6, 6.07) is 38.8. The largest absolute Gasteiger partial charge is 0.398 e. The van der Waals surface area contributed by atoms with Crippen molar-refractivity contribution in [3.05, 3.63) is 167 Å². The van der Waals surface area contributed by atoms with E-state index in [2.05, 4.69) is 116 Å². The van der Waals surface area contributed by atoms with Gasteiger partial charge in [0.15, 0.2) is 0 Å². The summed E-state index contributed by atoms with van der Waals surface area (Å²) in [5.74, 6) is 0. The Kier molecular flexibility index (Phi) is 7.75. The molecular formula is C40H39N3. The molecule has 0 aliphatic heterocycles. The lowest BCUT2D eigenvalue weighted by molar-refractivity contribution is 0.659. The quantitative estimate of drug-likeness (QED) is 0.131. The van der Waals surface area contributed by atoms with Gasteiger partial charge in [0.1, 0.15) is 6.17 Å². The van der Waals surface area contributed by atoms with Crippen LogP contribution < -0.4 is 16.8 Å². The topological polar surface area (TPSA) is 64.1 Å². The van der Waals surface area contributed by atoms with Crippen molar-refractivity contribution < 1.29 is 0 Å². The Morgan fingerprint density at radius 2 is 1.51 bits per heavy atom. The van der Waals surface area contributed by atoms with Crippen LogP contribution in [0, 0.1) is 0 Å². The molecule has 43 heavy (non-hydrogen) atoms. The highest BCUT2D eigenvalue weighted by Gasteiger charge is 2.37. The van der Waals surface area contributed by atoms with E-state index in [1.165, 1.54) is 44.2 Å². The third-order valence-corrected chi connectivity index (χ3v) is 8.62. The zero-order valence-electron chi connectivity index (χ0n) is 25.1. The third kappa shape index (κ3) is 5.52. The van der Waals surface area contributed by atoms with Gasteiger partial charge in [-0.05, 0) is 81.3 Å². The Labute approximate surface area is 255 Å². The van der Waals surface area contributed by atoms with Crippen molar-refractivity contribution in [2.45, 2.75) is 38.8 Å². The summed E-state index contributed by atoms with van der Waals surface area (Å²) in [5.41, 5.74) is 24.4. The zero-order chi connectivity index (χ0) is 30.0. The number of rotatable bonds is 8. The first-order valence-electron chi connectivity index (χ1n) is 15.0. The second-order valence-electron chi connectivity index (χ2n) is 11.8. The summed E-state index contributed by atoms with van der Waals surface area (Å²) in [6.07, 6.45) is 8.54. The second-order valence-corrected chi connectivity index (χ2v) is 11.8. The molecule has 214 valence electrons. The molecule has 1 atom stereocenters. The van der Waals surface area contributed by atoms with Crippen molar-refractivity contribution in [2.75, 3.05) is 0 Å². The summed E-state index contributed by atoms with van der Waals surface area (Å²) >= 11 is 0. The van der Waals surface area contributed by atoms with Crippen molar-refractivity contribution in [1.82, 2.24) is 5.32 Å². The molecule has 0 saturated carbocycles. The normalized spacial score (nSPS) is 15.0. The standard InChI is InChI=1S/C40H39N3/c1-4-5-18-36(41)28-22-19-27(20-23-28)21-24-37(43-39(42)29-12-7-6-8-13-29)32-16-11-17-34-38(32)33-25-30-14-9-10-15-31(30)26-35(33)40(34,2)3/h4-20,22-26,39,43H,21,41-42H2,1-3H3/b5-4-,36-18-,37-24-. The van der Waals surface area contributed by atoms with Crippen LogP contribution in [-0.2, 0) is 11.8 Å². The fourth-order valence-electron chi connectivity index (χ4n) is 6.20. The number of nitrogens with one attached hydrogen (secondary N) is 1. The van der Waals surface area contributed by atoms with Crippen LogP contribution in [0.25, 0.3) is 33.3 Å². The van der Waals surface area contributed by atoms with E-state index in [9.17, 15) is 0 Å². The molecule has 6 rings (SSSR count). The number of allylic oxidation sites excluding steroid dienone is 4. The molecule has 5 aromatic rings. The molecule has 1 unspecified atom stereocenters. The van der Waals surface area contributed by atoms with E-state index in [4.69, 9.17) is 11.5 Å². The van der Waals surface area contributed by atoms with E-state index in [0.717, 1.165) is 28.9 Å². The first-order chi connectivity index (χ1) is 20.9. The highest BCUT2D eigenvalue weighted by molar-refractivity contribution is 5.97. The van der Waals surface area contributed by atoms with Gasteiger partial charge in [-0.25, -0.2) is 0 Å². The lowest BCUT2D eigenvalue weighted by Gasteiger charge is -2.23. The van der Waals surface area contributed by atoms with E-state index < -0.39 is 0 Å². The number of hydrogen-bond donors (Lipinski definition) is 3. The van der Waals surface area contributed by atoms with Gasteiger partial charge in [-0.3, -0.25) is 0 Å². The summed E-state index contributed by atoms with van der Waals surface area (Å²) in [6.45, 7) is 6.65. The average Bonchev–Trinajstić information content (AvgIpc) is 3.27. The van der Waals surface area contributed by atoms with Crippen LogP contribution >= 0.6 is 0 Å². The Morgan fingerprint density at radius 3 is 2.23 bits per heavy atom. The van der Waals surface area contributed by atoms with Gasteiger partial charge in [0.25, 0.3) is 0 Å². The molecule has 5 aromatic carbocycles. The van der Waals surface area contributed by atoms with Gasteiger partial charge in [-0.15, -0.1) is 0 Å². The minimum Gasteiger partial charge on any atom is -0.398 e. The maximum absolute atomic E-state index is 6.79. The van der Waals surface area contributed by atoms with Crippen LogP contribution in [0.5, 0.6) is 0 Å². The molecule has 0 fully saturated rings. The zero-order valence-corrected chi connectivity index (χ0v) is 25.1. The highest BCUT2D eigenvalue weighted by Crippen LogP contribution is 2.52. The van der Waals surface area contributed by atoms with Crippen molar-refractivity contribution in [1.29, 1.82) is 0 Å². The Morgan fingerprint density at radius 1 is 0.814 bits per heavy atom. The third-order valence-electron chi connectivity index (χ3n) is 8.62. The molecule has 0 spiro atoms. The van der Waals surface area contributed by atoms with Crippen molar-refractivity contribution in [3.8, 4) is 11.1 Å². The predicted molar refractivity (Wildman–Crippen MR) is 183 cm³/mol. The second kappa shape index (κ2) is 11.8. The molecule has 0 aromatic heterocycles. The SMILES string of the molecule is C/C=C\C=C(/N)c1ccc(C/C=C(\NC(N)c2ccccc2)c2cccc3c2-c2cc4ccccc4cc2C3(C)C)cc1. The summed E-state index contributed by atoms with van der Waals surface area (Å²) in [5, 5.41) is 6.22. The molecule has 3 heteroatoms. The highest BCUT2D eigenvalue weighted by atomic mass is 15.0. The molecule has 0 amide bonds. The van der Waals surface area contributed by atoms with Crippen LogP contribution in [0.2, 0.25) is 0 Å². The molecule has 1 aliphatic carbocycles. The minimum absolute atomic E-state index is 0.117. The summed E-state index contributed by atoms with van der Waals surface area (Å²) in [4.78, 5) is 0. The monoisotopic (exact) mass is 561 g/mol. The van der Waals surface area contributed by atoms with E-state index in [0.29, 0.717) is 0 Å². The molecule has 0 saturated heterocycles. The molecule has 5 N–H and O–H groups in total. The molecular weight excluding hydrogens is 522 g/mol. The Hall–Kier alpha value is -4.86. The van der Waals surface area contributed by atoms with Crippen LogP contribution in [-0.4, -0.2) is 0 Å². The van der Waals surface area contributed by atoms with Crippen molar-refractivity contribution in [2.24, 2.45) is 11.5 Å². The average molecular weight is 562 g/mol. The predicted octanol–water partition coefficient (Wildman–Crippen LogP) is 8.85. The first-order valence-corrected chi connectivity index (χ1v) is 15.0. The van der Waals surface area contributed by atoms with E-state index >= 15 is 0 Å². The maximum Gasteiger partial charge on any atom is 0.101 e. The Balaban J connectivity index is 1.44. The molecule has 3 nitrogen and oxygen atoms in total. The number of benzene rings is 5. The fourth-order valence-corrected chi connectivity index (χ4v) is 6.20. The van der Waals surface area contributed by atoms with Crippen LogP contribution in [0.15, 0.2) is 133 Å². The number of hydrogen-bond acceptors (Lipinski definition) is 3. The number of fused-ring (bicyclic) bond motifs is 4. The molecule has 0 heterocycles. The van der Waals surface area contributed by atoms with Gasteiger partial charge >= 0.3 is 0 Å². The van der Waals surface area contributed by atoms with Crippen LogP contribution in [0.4, 0.5) is 0 Å². The van der Waals surface area contributed by atoms with Gasteiger partial charge in [0, 0.05) is 22.4 Å². The molecule has 1 aliphatic rings. The number of nitrogens with two attached hydrogens (primary N) is 2. The lowest BCUT2D eigenvalue weighted by Crippen LogP contribution is -2.28. The summed E-state index contributed by atoms with van der Waals surface area (Å²) < 4.78 is 0. The first kappa shape index (κ1) is 28.3. The van der Waals surface area contributed by atoms with Gasteiger partial charge in [0.05, 0.1) is 0 Å². The van der Waals surface area contributed by atoms with E-state index in [1.807, 2.05) is 43.4 Å². The van der Waals surface area contributed by atoms with Crippen LogP contribution in [0.1, 0.15) is 60.3 Å². The van der Waals surface area contributed by atoms with E-state index in [-0.39, 0.29) is 11.6 Å².